The molecule has 2 aromatic carbocycles. The molecular formula is C26H17Cl7N2O4. The molecule has 0 unspecified atom stereocenters. The maximum absolute atomic E-state index is 13.9. The van der Waals surface area contributed by atoms with Gasteiger partial charge in [0.2, 0.25) is 0 Å². The summed E-state index contributed by atoms with van der Waals surface area (Å²) in [6.07, 6.45) is 0. The maximum atomic E-state index is 13.9. The Morgan fingerprint density at radius 3 is 1.90 bits per heavy atom. The third-order valence-electron chi connectivity index (χ3n) is 7.59. The van der Waals surface area contributed by atoms with Gasteiger partial charge in [0.1, 0.15) is 16.3 Å². The molecule has 1 heterocycles. The zero-order valence-electron chi connectivity index (χ0n) is 20.1. The molecule has 1 aliphatic heterocycles. The van der Waals surface area contributed by atoms with Gasteiger partial charge in [0.25, 0.3) is 17.7 Å². The van der Waals surface area contributed by atoms with E-state index in [-0.39, 0.29) is 26.2 Å². The van der Waals surface area contributed by atoms with E-state index in [0.29, 0.717) is 5.01 Å². The summed E-state index contributed by atoms with van der Waals surface area (Å²) in [4.78, 5) is 50.9. The SMILES string of the molecule is Cc1ccc(C(=O)CN(C(=O)c2ccccc2Cl)N2C(=O)[C@H]3[C@H](C2=O)[C@@]2(Cl)C(Cl)=C(Cl)[C@@]3(Cl)C2(Cl)Cl)cc1C. The van der Waals surface area contributed by atoms with Gasteiger partial charge in [0.15, 0.2) is 10.1 Å². The highest BCUT2D eigenvalue weighted by Crippen LogP contribution is 2.77. The topological polar surface area (TPSA) is 74.8 Å². The first-order valence-electron chi connectivity index (χ1n) is 11.5. The number of fused-ring (bicyclic) bond motifs is 5. The van der Waals surface area contributed by atoms with E-state index in [4.69, 9.17) is 81.2 Å². The van der Waals surface area contributed by atoms with Crippen LogP contribution in [-0.2, 0) is 9.59 Å². The van der Waals surface area contributed by atoms with Crippen molar-refractivity contribution in [2.75, 3.05) is 6.54 Å². The van der Waals surface area contributed by atoms with Crippen LogP contribution in [0.3, 0.4) is 0 Å². The van der Waals surface area contributed by atoms with Crippen molar-refractivity contribution in [1.29, 1.82) is 0 Å². The lowest BCUT2D eigenvalue weighted by Gasteiger charge is -2.36. The van der Waals surface area contributed by atoms with E-state index < -0.39 is 56.0 Å². The first kappa shape index (κ1) is 29.0. The predicted octanol–water partition coefficient (Wildman–Crippen LogP) is 6.64. The fourth-order valence-electron chi connectivity index (χ4n) is 5.37. The van der Waals surface area contributed by atoms with Crippen LogP contribution in [0.25, 0.3) is 0 Å². The molecule has 0 N–H and O–H groups in total. The number of amides is 3. The summed E-state index contributed by atoms with van der Waals surface area (Å²) < 4.78 is -2.14. The van der Waals surface area contributed by atoms with Crippen molar-refractivity contribution < 1.29 is 19.2 Å². The van der Waals surface area contributed by atoms with E-state index in [0.717, 1.165) is 16.1 Å². The Labute approximate surface area is 258 Å². The highest BCUT2D eigenvalue weighted by molar-refractivity contribution is 6.66. The number of imide groups is 1. The minimum Gasteiger partial charge on any atom is -0.292 e. The van der Waals surface area contributed by atoms with Crippen molar-refractivity contribution in [2.24, 2.45) is 11.8 Å². The van der Waals surface area contributed by atoms with Gasteiger partial charge in [-0.2, -0.15) is 5.01 Å². The van der Waals surface area contributed by atoms with Crippen LogP contribution in [0.2, 0.25) is 5.02 Å². The fraction of sp³-hybridized carbons (Fsp3) is 0.308. The van der Waals surface area contributed by atoms with Crippen LogP contribution in [-0.4, -0.2) is 54.1 Å². The fourth-order valence-corrected chi connectivity index (χ4v) is 8.51. The number of ketones is 1. The Kier molecular flexibility index (Phi) is 7.08. The number of aryl methyl sites for hydroxylation is 2. The third kappa shape index (κ3) is 3.69. The molecule has 3 amide bonds. The molecular weight excluding hydrogens is 652 g/mol. The Morgan fingerprint density at radius 1 is 0.846 bits per heavy atom. The van der Waals surface area contributed by atoms with Gasteiger partial charge in [-0.05, 0) is 43.2 Å². The van der Waals surface area contributed by atoms with Gasteiger partial charge in [-0.3, -0.25) is 19.2 Å². The molecule has 4 atom stereocenters. The number of benzene rings is 2. The largest absolute Gasteiger partial charge is 0.292 e. The number of hydrogen-bond acceptors (Lipinski definition) is 4. The normalized spacial score (nSPS) is 28.8. The van der Waals surface area contributed by atoms with E-state index in [1.807, 2.05) is 13.8 Å². The Morgan fingerprint density at radius 2 is 1.38 bits per heavy atom. The lowest BCUT2D eigenvalue weighted by Crippen LogP contribution is -2.56. The first-order chi connectivity index (χ1) is 18.1. The first-order valence-corrected chi connectivity index (χ1v) is 14.1. The summed E-state index contributed by atoms with van der Waals surface area (Å²) in [7, 11) is 0. The Bertz CT molecular complexity index is 1480. The van der Waals surface area contributed by atoms with Gasteiger partial charge in [-0.1, -0.05) is 82.3 Å². The number of hydrogen-bond donors (Lipinski definition) is 0. The van der Waals surface area contributed by atoms with Gasteiger partial charge >= 0.3 is 0 Å². The molecule has 0 aromatic heterocycles. The summed E-state index contributed by atoms with van der Waals surface area (Å²) in [5, 5.41) is 0.779. The highest BCUT2D eigenvalue weighted by atomic mass is 35.5. The molecule has 39 heavy (non-hydrogen) atoms. The zero-order valence-corrected chi connectivity index (χ0v) is 25.4. The molecule has 0 spiro atoms. The highest BCUT2D eigenvalue weighted by Gasteiger charge is 2.88. The van der Waals surface area contributed by atoms with Crippen LogP contribution >= 0.6 is 81.2 Å². The molecule has 2 bridgehead atoms. The number of alkyl halides is 4. The van der Waals surface area contributed by atoms with Crippen LogP contribution in [0.1, 0.15) is 31.8 Å². The Hall–Kier alpha value is -1.51. The van der Waals surface area contributed by atoms with Crippen LogP contribution in [0.15, 0.2) is 52.5 Å². The summed E-state index contributed by atoms with van der Waals surface area (Å²) in [6.45, 7) is 3.03. The monoisotopic (exact) mass is 666 g/mol. The number of nitrogens with zero attached hydrogens (tertiary/aromatic N) is 2. The van der Waals surface area contributed by atoms with Crippen molar-refractivity contribution in [3.05, 3.63) is 79.8 Å². The van der Waals surface area contributed by atoms with Gasteiger partial charge in [-0.15, -0.1) is 23.2 Å². The van der Waals surface area contributed by atoms with Crippen molar-refractivity contribution >= 4 is 105 Å². The van der Waals surface area contributed by atoms with E-state index in [9.17, 15) is 19.2 Å². The number of allylic oxidation sites excluding steroid dienone is 2. The van der Waals surface area contributed by atoms with Crippen LogP contribution in [0, 0.1) is 25.7 Å². The van der Waals surface area contributed by atoms with Crippen LogP contribution in [0.5, 0.6) is 0 Å². The summed E-state index contributed by atoms with van der Waals surface area (Å²) >= 11 is 45.7. The molecule has 6 nitrogen and oxygen atoms in total. The molecule has 5 rings (SSSR count). The summed E-state index contributed by atoms with van der Waals surface area (Å²) in [6, 6.07) is 11.0. The van der Waals surface area contributed by atoms with Crippen LogP contribution < -0.4 is 0 Å². The average molecular weight is 670 g/mol. The van der Waals surface area contributed by atoms with Crippen molar-refractivity contribution in [1.82, 2.24) is 10.0 Å². The number of carbonyl (C=O) groups is 4. The van der Waals surface area contributed by atoms with E-state index in [2.05, 4.69) is 0 Å². The van der Waals surface area contributed by atoms with Crippen molar-refractivity contribution in [3.8, 4) is 0 Å². The number of rotatable bonds is 5. The minimum absolute atomic E-state index is 0.0430. The van der Waals surface area contributed by atoms with Crippen LogP contribution in [0.4, 0.5) is 0 Å². The lowest BCUT2D eigenvalue weighted by molar-refractivity contribution is -0.154. The average Bonchev–Trinajstić information content (AvgIpc) is 3.27. The van der Waals surface area contributed by atoms with E-state index in [1.165, 1.54) is 12.1 Å². The van der Waals surface area contributed by atoms with Crippen molar-refractivity contribution in [2.45, 2.75) is 27.9 Å². The quantitative estimate of drug-likeness (QED) is 0.203. The standard InChI is InChI=1S/C26H17Cl7N2O4/c1-11-7-8-13(9-12(11)2)16(36)10-34(21(37)14-5-3-4-6-15(14)27)35-22(38)17-18(23(35)39)25(31)20(29)19(28)24(17,30)26(25,32)33/h3-9,17-18H,10H2,1-2H3/t17-,18-,24-,25-/m1/s1. The van der Waals surface area contributed by atoms with Gasteiger partial charge in [0, 0.05) is 5.56 Å². The second-order valence-electron chi connectivity index (χ2n) is 9.63. The summed E-state index contributed by atoms with van der Waals surface area (Å²) in [5.74, 6) is -6.32. The number of Topliss-reactive ketones (excluding diaryl/α,β-unsaturated/α-hetero) is 1. The minimum atomic E-state index is -2.14. The smallest absolute Gasteiger partial charge is 0.274 e. The summed E-state index contributed by atoms with van der Waals surface area (Å²) in [5.41, 5.74) is 2.02. The molecule has 1 saturated heterocycles. The Balaban J connectivity index is 1.61. The lowest BCUT2D eigenvalue weighted by atomic mass is 9.84. The zero-order chi connectivity index (χ0) is 28.8. The molecule has 1 saturated carbocycles. The molecule has 2 fully saturated rings. The number of halogens is 7. The molecule has 2 aliphatic carbocycles. The molecule has 2 aromatic rings. The van der Waals surface area contributed by atoms with E-state index in [1.54, 1.807) is 30.3 Å². The predicted molar refractivity (Wildman–Crippen MR) is 152 cm³/mol. The van der Waals surface area contributed by atoms with Gasteiger partial charge in [0.05, 0.1) is 32.5 Å². The second-order valence-corrected chi connectivity index (χ2v) is 13.3. The molecule has 3 aliphatic rings. The van der Waals surface area contributed by atoms with Gasteiger partial charge in [-0.25, -0.2) is 5.01 Å². The molecule has 0 radical (unpaired) electrons. The number of hydrazine groups is 1. The number of carbonyl (C=O) groups excluding carboxylic acids is 4. The third-order valence-corrected chi connectivity index (χ3v) is 12.2. The maximum Gasteiger partial charge on any atom is 0.274 e. The van der Waals surface area contributed by atoms with Crippen molar-refractivity contribution in [3.63, 3.8) is 0 Å². The molecule has 13 heteroatoms. The van der Waals surface area contributed by atoms with E-state index >= 15 is 0 Å². The second kappa shape index (κ2) is 9.52. The van der Waals surface area contributed by atoms with Gasteiger partial charge < -0.3 is 0 Å². The molecule has 204 valence electrons.